The van der Waals surface area contributed by atoms with Gasteiger partial charge < -0.3 is 9.84 Å². The first-order valence-electron chi connectivity index (χ1n) is 4.43. The minimum absolute atomic E-state index is 0.0616. The van der Waals surface area contributed by atoms with Gasteiger partial charge in [0.05, 0.1) is 6.61 Å². The van der Waals surface area contributed by atoms with Gasteiger partial charge in [-0.2, -0.15) is 4.98 Å². The lowest BCUT2D eigenvalue weighted by atomic mass is 10.4. The van der Waals surface area contributed by atoms with Gasteiger partial charge in [0.1, 0.15) is 0 Å². The minimum Gasteiger partial charge on any atom is -0.477 e. The van der Waals surface area contributed by atoms with Crippen LogP contribution in [0.3, 0.4) is 0 Å². The van der Waals surface area contributed by atoms with Crippen molar-refractivity contribution >= 4 is 5.97 Å². The third kappa shape index (κ3) is 3.84. The lowest BCUT2D eigenvalue weighted by Crippen LogP contribution is -2.04. The molecular formula is C9H14N2O3. The van der Waals surface area contributed by atoms with Crippen LogP contribution in [0.5, 0.6) is 6.01 Å². The van der Waals surface area contributed by atoms with Crippen LogP contribution < -0.4 is 4.74 Å². The van der Waals surface area contributed by atoms with Gasteiger partial charge in [-0.25, -0.2) is 9.78 Å². The van der Waals surface area contributed by atoms with Gasteiger partial charge in [-0.1, -0.05) is 13.8 Å². The predicted octanol–water partition coefficient (Wildman–Crippen LogP) is 1.60. The summed E-state index contributed by atoms with van der Waals surface area (Å²) >= 11 is 0. The summed E-state index contributed by atoms with van der Waals surface area (Å²) in [5.41, 5.74) is -0.0616. The molecule has 0 aliphatic heterocycles. The second kappa shape index (κ2) is 6.82. The standard InChI is InChI=1S/C7H8N2O3.C2H6/c1-2-12-7-8-4-3-5(9-7)6(10)11;1-2/h3-4H,2H2,1H3,(H,10,11);1-2H3. The summed E-state index contributed by atoms with van der Waals surface area (Å²) < 4.78 is 4.91. The Labute approximate surface area is 82.8 Å². The number of ether oxygens (including phenoxy) is 1. The SMILES string of the molecule is CC.CCOc1nccc(C(=O)O)n1. The van der Waals surface area contributed by atoms with E-state index in [9.17, 15) is 4.79 Å². The quantitative estimate of drug-likeness (QED) is 0.798. The van der Waals surface area contributed by atoms with Crippen LogP contribution >= 0.6 is 0 Å². The summed E-state index contributed by atoms with van der Waals surface area (Å²) in [4.78, 5) is 17.8. The summed E-state index contributed by atoms with van der Waals surface area (Å²) in [6.45, 7) is 6.19. The highest BCUT2D eigenvalue weighted by molar-refractivity contribution is 5.85. The van der Waals surface area contributed by atoms with Gasteiger partial charge in [0, 0.05) is 6.20 Å². The van der Waals surface area contributed by atoms with E-state index in [2.05, 4.69) is 9.97 Å². The van der Waals surface area contributed by atoms with Crippen LogP contribution in [0.4, 0.5) is 0 Å². The molecule has 0 aromatic carbocycles. The predicted molar refractivity (Wildman–Crippen MR) is 51.5 cm³/mol. The number of hydrogen-bond acceptors (Lipinski definition) is 4. The van der Waals surface area contributed by atoms with Crippen LogP contribution in [0.15, 0.2) is 12.3 Å². The summed E-state index contributed by atoms with van der Waals surface area (Å²) in [5, 5.41) is 8.53. The van der Waals surface area contributed by atoms with Crippen LogP contribution in [-0.2, 0) is 0 Å². The lowest BCUT2D eigenvalue weighted by Gasteiger charge is -1.99. The fraction of sp³-hybridized carbons (Fsp3) is 0.444. The Bertz CT molecular complexity index is 289. The molecule has 14 heavy (non-hydrogen) atoms. The van der Waals surface area contributed by atoms with Crippen LogP contribution in [0.1, 0.15) is 31.3 Å². The molecule has 0 saturated carbocycles. The van der Waals surface area contributed by atoms with Crippen molar-refractivity contribution in [2.45, 2.75) is 20.8 Å². The number of carboxylic acid groups (broad SMARTS) is 1. The second-order valence-corrected chi connectivity index (χ2v) is 1.96. The maximum atomic E-state index is 10.4. The molecule has 1 heterocycles. The van der Waals surface area contributed by atoms with Gasteiger partial charge in [0.15, 0.2) is 5.69 Å². The molecular weight excluding hydrogens is 184 g/mol. The highest BCUT2D eigenvalue weighted by Gasteiger charge is 2.05. The molecule has 0 aliphatic rings. The van der Waals surface area contributed by atoms with Crippen molar-refractivity contribution < 1.29 is 14.6 Å². The summed E-state index contributed by atoms with van der Waals surface area (Å²) in [7, 11) is 0. The maximum absolute atomic E-state index is 10.4. The van der Waals surface area contributed by atoms with Crippen LogP contribution in [0, 0.1) is 0 Å². The molecule has 78 valence electrons. The van der Waals surface area contributed by atoms with Gasteiger partial charge in [0.25, 0.3) is 0 Å². The van der Waals surface area contributed by atoms with E-state index in [1.165, 1.54) is 12.3 Å². The molecule has 0 spiro atoms. The first-order valence-corrected chi connectivity index (χ1v) is 4.43. The van der Waals surface area contributed by atoms with E-state index in [0.717, 1.165) is 0 Å². The molecule has 1 N–H and O–H groups in total. The van der Waals surface area contributed by atoms with Crippen LogP contribution in [-0.4, -0.2) is 27.7 Å². The van der Waals surface area contributed by atoms with E-state index in [1.807, 2.05) is 13.8 Å². The van der Waals surface area contributed by atoms with Gasteiger partial charge in [-0.3, -0.25) is 0 Å². The minimum atomic E-state index is -1.08. The Balaban J connectivity index is 0.000000791. The van der Waals surface area contributed by atoms with E-state index in [0.29, 0.717) is 6.61 Å². The fourth-order valence-corrected chi connectivity index (χ4v) is 0.659. The van der Waals surface area contributed by atoms with E-state index in [1.54, 1.807) is 6.92 Å². The van der Waals surface area contributed by atoms with E-state index >= 15 is 0 Å². The lowest BCUT2D eigenvalue weighted by molar-refractivity contribution is 0.0688. The molecule has 1 rings (SSSR count). The van der Waals surface area contributed by atoms with E-state index in [4.69, 9.17) is 9.84 Å². The molecule has 0 saturated heterocycles. The first-order chi connectivity index (χ1) is 6.74. The number of hydrogen-bond donors (Lipinski definition) is 1. The smallest absolute Gasteiger partial charge is 0.354 e. The average molecular weight is 198 g/mol. The summed E-state index contributed by atoms with van der Waals surface area (Å²) in [6, 6.07) is 1.41. The molecule has 0 atom stereocenters. The topological polar surface area (TPSA) is 72.3 Å². The number of nitrogens with zero attached hydrogens (tertiary/aromatic N) is 2. The molecule has 5 heteroatoms. The third-order valence-electron chi connectivity index (χ3n) is 1.13. The highest BCUT2D eigenvalue weighted by Crippen LogP contribution is 2.02. The number of aromatic carboxylic acids is 1. The monoisotopic (exact) mass is 198 g/mol. The number of carboxylic acids is 1. The van der Waals surface area contributed by atoms with Gasteiger partial charge in [-0.15, -0.1) is 0 Å². The zero-order chi connectivity index (χ0) is 11.0. The van der Waals surface area contributed by atoms with Crippen molar-refractivity contribution in [2.75, 3.05) is 6.61 Å². The fourth-order valence-electron chi connectivity index (χ4n) is 0.659. The molecule has 5 nitrogen and oxygen atoms in total. The molecule has 0 fully saturated rings. The molecule has 0 bridgehead atoms. The number of rotatable bonds is 3. The Morgan fingerprint density at radius 2 is 2.21 bits per heavy atom. The number of carbonyl (C=O) groups is 1. The second-order valence-electron chi connectivity index (χ2n) is 1.96. The van der Waals surface area contributed by atoms with Crippen LogP contribution in [0.25, 0.3) is 0 Å². The first kappa shape index (κ1) is 12.3. The third-order valence-corrected chi connectivity index (χ3v) is 1.13. The van der Waals surface area contributed by atoms with Crippen molar-refractivity contribution in [2.24, 2.45) is 0 Å². The number of aromatic nitrogens is 2. The van der Waals surface area contributed by atoms with E-state index in [-0.39, 0.29) is 11.7 Å². The van der Waals surface area contributed by atoms with Crippen molar-refractivity contribution in [3.8, 4) is 6.01 Å². The molecule has 0 amide bonds. The molecule has 0 radical (unpaired) electrons. The van der Waals surface area contributed by atoms with Crippen LogP contribution in [0.2, 0.25) is 0 Å². The highest BCUT2D eigenvalue weighted by atomic mass is 16.5. The maximum Gasteiger partial charge on any atom is 0.354 e. The molecule has 1 aromatic rings. The normalized spacial score (nSPS) is 8.50. The van der Waals surface area contributed by atoms with Crippen molar-refractivity contribution in [1.82, 2.24) is 9.97 Å². The van der Waals surface area contributed by atoms with Crippen molar-refractivity contribution in [3.05, 3.63) is 18.0 Å². The van der Waals surface area contributed by atoms with Crippen molar-refractivity contribution in [1.29, 1.82) is 0 Å². The Hall–Kier alpha value is -1.65. The Morgan fingerprint density at radius 3 is 2.71 bits per heavy atom. The molecule has 0 aliphatic carbocycles. The Kier molecular flexibility index (Phi) is 6.02. The zero-order valence-corrected chi connectivity index (χ0v) is 8.52. The summed E-state index contributed by atoms with van der Waals surface area (Å²) in [5.74, 6) is -1.08. The van der Waals surface area contributed by atoms with Gasteiger partial charge >= 0.3 is 12.0 Å². The molecule has 1 aromatic heterocycles. The average Bonchev–Trinajstić information content (AvgIpc) is 2.22. The summed E-state index contributed by atoms with van der Waals surface area (Å²) in [6.07, 6.45) is 1.35. The van der Waals surface area contributed by atoms with Gasteiger partial charge in [-0.05, 0) is 13.0 Å². The molecule has 0 unspecified atom stereocenters. The Morgan fingerprint density at radius 1 is 1.57 bits per heavy atom. The largest absolute Gasteiger partial charge is 0.477 e. The van der Waals surface area contributed by atoms with E-state index < -0.39 is 5.97 Å². The zero-order valence-electron chi connectivity index (χ0n) is 8.52. The van der Waals surface area contributed by atoms with Crippen molar-refractivity contribution in [3.63, 3.8) is 0 Å². The van der Waals surface area contributed by atoms with Gasteiger partial charge in [0.2, 0.25) is 0 Å².